The molecule has 0 aromatic heterocycles. The van der Waals surface area contributed by atoms with Gasteiger partial charge in [0.05, 0.1) is 18.8 Å². The number of methoxy groups -OCH3 is 1. The number of hydrogen-bond donors (Lipinski definition) is 2. The topological polar surface area (TPSA) is 81.8 Å². The van der Waals surface area contributed by atoms with E-state index in [1.165, 1.54) is 0 Å². The summed E-state index contributed by atoms with van der Waals surface area (Å²) >= 11 is 0. The number of carbonyl (C=O) groups excluding carboxylic acids is 1. The molecule has 1 saturated carbocycles. The molecule has 1 fully saturated rings. The Kier molecular flexibility index (Phi) is 4.60. The van der Waals surface area contributed by atoms with Gasteiger partial charge in [-0.15, -0.1) is 0 Å². The van der Waals surface area contributed by atoms with Crippen LogP contribution in [0.5, 0.6) is 17.2 Å². The molecule has 0 atom stereocenters. The highest BCUT2D eigenvalue weighted by molar-refractivity contribution is 6.03. The predicted octanol–water partition coefficient (Wildman–Crippen LogP) is 3.49. The predicted molar refractivity (Wildman–Crippen MR) is 91.5 cm³/mol. The second-order valence-electron chi connectivity index (χ2n) is 5.93. The Morgan fingerprint density at radius 2 is 1.88 bits per heavy atom. The number of rotatable bonds is 5. The summed E-state index contributed by atoms with van der Waals surface area (Å²) in [4.78, 5) is 11.9. The first-order valence-corrected chi connectivity index (χ1v) is 8.07. The lowest BCUT2D eigenvalue weighted by molar-refractivity contribution is 0.1000. The highest BCUT2D eigenvalue weighted by Gasteiger charge is 2.25. The van der Waals surface area contributed by atoms with E-state index in [4.69, 9.17) is 15.2 Å². The van der Waals surface area contributed by atoms with Gasteiger partial charge in [0, 0.05) is 11.1 Å². The first-order chi connectivity index (χ1) is 11.6. The molecule has 0 unspecified atom stereocenters. The molecule has 5 nitrogen and oxygen atoms in total. The minimum atomic E-state index is -0.577. The first kappa shape index (κ1) is 16.2. The van der Waals surface area contributed by atoms with E-state index in [1.54, 1.807) is 43.5 Å². The number of para-hydroxylation sites is 1. The molecule has 2 aromatic rings. The van der Waals surface area contributed by atoms with Crippen LogP contribution in [0.3, 0.4) is 0 Å². The summed E-state index contributed by atoms with van der Waals surface area (Å²) in [6, 6.07) is 10.1. The van der Waals surface area contributed by atoms with Crippen molar-refractivity contribution in [3.05, 3.63) is 42.0 Å². The van der Waals surface area contributed by atoms with Crippen LogP contribution in [-0.4, -0.2) is 24.2 Å². The lowest BCUT2D eigenvalue weighted by Crippen LogP contribution is -2.16. The van der Waals surface area contributed by atoms with Crippen LogP contribution in [0.2, 0.25) is 0 Å². The zero-order valence-corrected chi connectivity index (χ0v) is 13.6. The van der Waals surface area contributed by atoms with Gasteiger partial charge in [-0.1, -0.05) is 18.2 Å². The maximum Gasteiger partial charge on any atom is 0.249 e. The van der Waals surface area contributed by atoms with Crippen LogP contribution in [-0.2, 0) is 0 Å². The Labute approximate surface area is 141 Å². The molecule has 1 aliphatic carbocycles. The van der Waals surface area contributed by atoms with Gasteiger partial charge in [0.2, 0.25) is 5.91 Å². The van der Waals surface area contributed by atoms with Crippen LogP contribution in [0.1, 0.15) is 36.0 Å². The SMILES string of the molecule is COc1ccc(C(N)=O)c(-c2ccccc2O)c1OC1CCCC1. The van der Waals surface area contributed by atoms with Crippen LogP contribution in [0.15, 0.2) is 36.4 Å². The van der Waals surface area contributed by atoms with E-state index in [0.717, 1.165) is 25.7 Å². The third-order valence-corrected chi connectivity index (χ3v) is 4.37. The Hall–Kier alpha value is -2.69. The fourth-order valence-electron chi connectivity index (χ4n) is 3.17. The largest absolute Gasteiger partial charge is 0.507 e. The summed E-state index contributed by atoms with van der Waals surface area (Å²) in [7, 11) is 1.55. The highest BCUT2D eigenvalue weighted by Crippen LogP contribution is 2.45. The third-order valence-electron chi connectivity index (χ3n) is 4.37. The van der Waals surface area contributed by atoms with E-state index in [2.05, 4.69) is 0 Å². The average Bonchev–Trinajstić information content (AvgIpc) is 3.08. The molecule has 3 rings (SSSR count). The molecule has 2 aromatic carbocycles. The van der Waals surface area contributed by atoms with Gasteiger partial charge in [-0.3, -0.25) is 4.79 Å². The van der Waals surface area contributed by atoms with Crippen molar-refractivity contribution < 1.29 is 19.4 Å². The van der Waals surface area contributed by atoms with Gasteiger partial charge >= 0.3 is 0 Å². The molecule has 0 heterocycles. The Balaban J connectivity index is 2.21. The quantitative estimate of drug-likeness (QED) is 0.881. The van der Waals surface area contributed by atoms with Crippen molar-refractivity contribution in [3.8, 4) is 28.4 Å². The van der Waals surface area contributed by atoms with Crippen LogP contribution in [0, 0.1) is 0 Å². The van der Waals surface area contributed by atoms with Gasteiger partial charge in [0.25, 0.3) is 0 Å². The smallest absolute Gasteiger partial charge is 0.249 e. The zero-order chi connectivity index (χ0) is 17.1. The minimum absolute atomic E-state index is 0.0597. The number of hydrogen-bond acceptors (Lipinski definition) is 4. The molecule has 126 valence electrons. The third kappa shape index (κ3) is 3.02. The van der Waals surface area contributed by atoms with Crippen LogP contribution >= 0.6 is 0 Å². The number of benzene rings is 2. The van der Waals surface area contributed by atoms with E-state index in [1.807, 2.05) is 0 Å². The first-order valence-electron chi connectivity index (χ1n) is 8.07. The minimum Gasteiger partial charge on any atom is -0.507 e. The maximum absolute atomic E-state index is 11.9. The molecular formula is C19H21NO4. The van der Waals surface area contributed by atoms with Gasteiger partial charge in [-0.2, -0.15) is 0 Å². The normalized spacial score (nSPS) is 14.5. The number of nitrogens with two attached hydrogens (primary N) is 1. The van der Waals surface area contributed by atoms with Crippen molar-refractivity contribution in [2.75, 3.05) is 7.11 Å². The van der Waals surface area contributed by atoms with Crippen molar-refractivity contribution in [3.63, 3.8) is 0 Å². The van der Waals surface area contributed by atoms with Crippen LogP contribution in [0.25, 0.3) is 11.1 Å². The van der Waals surface area contributed by atoms with Gasteiger partial charge in [-0.25, -0.2) is 0 Å². The molecule has 0 spiro atoms. The lowest BCUT2D eigenvalue weighted by atomic mass is 9.96. The summed E-state index contributed by atoms with van der Waals surface area (Å²) in [6.45, 7) is 0. The number of primary amides is 1. The maximum atomic E-state index is 11.9. The monoisotopic (exact) mass is 327 g/mol. The van der Waals surface area contributed by atoms with E-state index in [0.29, 0.717) is 28.2 Å². The van der Waals surface area contributed by atoms with Crippen molar-refractivity contribution in [2.45, 2.75) is 31.8 Å². The van der Waals surface area contributed by atoms with Crippen molar-refractivity contribution in [1.29, 1.82) is 0 Å². The second-order valence-corrected chi connectivity index (χ2v) is 5.93. The lowest BCUT2D eigenvalue weighted by Gasteiger charge is -2.21. The molecule has 0 saturated heterocycles. The van der Waals surface area contributed by atoms with Gasteiger partial charge in [-0.05, 0) is 43.9 Å². The molecule has 0 radical (unpaired) electrons. The van der Waals surface area contributed by atoms with Crippen molar-refractivity contribution >= 4 is 5.91 Å². The Morgan fingerprint density at radius 1 is 1.17 bits per heavy atom. The standard InChI is InChI=1S/C19H21NO4/c1-23-16-11-10-14(19(20)22)17(13-8-4-5-9-15(13)21)18(16)24-12-6-2-3-7-12/h4-5,8-12,21H,2-3,6-7H2,1H3,(H2,20,22). The number of amides is 1. The van der Waals surface area contributed by atoms with Crippen molar-refractivity contribution in [2.24, 2.45) is 5.73 Å². The van der Waals surface area contributed by atoms with Gasteiger partial charge in [0.1, 0.15) is 5.75 Å². The van der Waals surface area contributed by atoms with Crippen LogP contribution in [0.4, 0.5) is 0 Å². The Morgan fingerprint density at radius 3 is 2.50 bits per heavy atom. The highest BCUT2D eigenvalue weighted by atomic mass is 16.5. The van der Waals surface area contributed by atoms with E-state index >= 15 is 0 Å². The molecule has 3 N–H and O–H groups in total. The van der Waals surface area contributed by atoms with Crippen molar-refractivity contribution in [1.82, 2.24) is 0 Å². The molecule has 1 amide bonds. The fraction of sp³-hybridized carbons (Fsp3) is 0.316. The van der Waals surface area contributed by atoms with E-state index in [-0.39, 0.29) is 11.9 Å². The number of aromatic hydroxyl groups is 1. The summed E-state index contributed by atoms with van der Waals surface area (Å²) in [5, 5.41) is 10.3. The summed E-state index contributed by atoms with van der Waals surface area (Å²) < 4.78 is 11.6. The molecule has 1 aliphatic rings. The number of phenols is 1. The second kappa shape index (κ2) is 6.83. The molecule has 24 heavy (non-hydrogen) atoms. The van der Waals surface area contributed by atoms with E-state index < -0.39 is 5.91 Å². The number of ether oxygens (including phenoxy) is 2. The Bertz CT molecular complexity index is 751. The number of phenolic OH excluding ortho intramolecular Hbond substituents is 1. The summed E-state index contributed by atoms with van der Waals surface area (Å²) in [5.41, 5.74) is 6.83. The molecule has 0 bridgehead atoms. The summed E-state index contributed by atoms with van der Waals surface area (Å²) in [6.07, 6.45) is 4.24. The van der Waals surface area contributed by atoms with Crippen LogP contribution < -0.4 is 15.2 Å². The van der Waals surface area contributed by atoms with E-state index in [9.17, 15) is 9.90 Å². The number of carbonyl (C=O) groups is 1. The zero-order valence-electron chi connectivity index (χ0n) is 13.6. The molecular weight excluding hydrogens is 306 g/mol. The van der Waals surface area contributed by atoms with Gasteiger partial charge < -0.3 is 20.3 Å². The molecule has 0 aliphatic heterocycles. The fourth-order valence-corrected chi connectivity index (χ4v) is 3.17. The van der Waals surface area contributed by atoms with Gasteiger partial charge in [0.15, 0.2) is 11.5 Å². The summed E-state index contributed by atoms with van der Waals surface area (Å²) in [5.74, 6) is 0.462. The molecule has 5 heteroatoms. The average molecular weight is 327 g/mol.